The van der Waals surface area contributed by atoms with E-state index in [4.69, 9.17) is 4.74 Å². The summed E-state index contributed by atoms with van der Waals surface area (Å²) < 4.78 is 5.33. The van der Waals surface area contributed by atoms with Crippen LogP contribution in [-0.4, -0.2) is 50.0 Å². The van der Waals surface area contributed by atoms with Gasteiger partial charge in [-0.05, 0) is 49.8 Å². The second kappa shape index (κ2) is 8.37. The van der Waals surface area contributed by atoms with Crippen molar-refractivity contribution in [2.75, 3.05) is 34.3 Å². The number of likely N-dealkylation sites (N-methyl/N-ethyl adjacent to an activating group) is 1. The van der Waals surface area contributed by atoms with Gasteiger partial charge in [0.1, 0.15) is 5.75 Å². The van der Waals surface area contributed by atoms with Gasteiger partial charge in [0.2, 0.25) is 0 Å². The first-order chi connectivity index (χ1) is 11.6. The number of rotatable bonds is 6. The first kappa shape index (κ1) is 19.3. The molecule has 1 heterocycles. The Labute approximate surface area is 155 Å². The van der Waals surface area contributed by atoms with Gasteiger partial charge >= 0.3 is 0 Å². The number of ether oxygens (including phenoxy) is 1. The standard InChI is InChI=1S/C20H24N2O2.ClH/c1-21(2)11-12-22-19(14-15-7-6-8-16(13-15)24-3)17-9-4-5-10-18(17)20(22)23;/h4-10,13,19H,11-12,14H2,1-3H3;1H. The van der Waals surface area contributed by atoms with E-state index < -0.39 is 0 Å². The number of amides is 1. The van der Waals surface area contributed by atoms with Crippen LogP contribution in [0.15, 0.2) is 48.5 Å². The lowest BCUT2D eigenvalue weighted by Gasteiger charge is -2.27. The highest BCUT2D eigenvalue weighted by Gasteiger charge is 2.35. The molecule has 0 fully saturated rings. The monoisotopic (exact) mass is 360 g/mol. The van der Waals surface area contributed by atoms with Gasteiger partial charge in [0.05, 0.1) is 13.2 Å². The molecule has 5 heteroatoms. The summed E-state index contributed by atoms with van der Waals surface area (Å²) in [5.41, 5.74) is 3.15. The van der Waals surface area contributed by atoms with Crippen LogP contribution >= 0.6 is 12.4 Å². The third-order valence-corrected chi connectivity index (χ3v) is 4.54. The van der Waals surface area contributed by atoms with Gasteiger partial charge in [0, 0.05) is 18.7 Å². The summed E-state index contributed by atoms with van der Waals surface area (Å²) in [6.07, 6.45) is 0.799. The van der Waals surface area contributed by atoms with Gasteiger partial charge in [-0.15, -0.1) is 12.4 Å². The fourth-order valence-corrected chi connectivity index (χ4v) is 3.25. The molecule has 0 bridgehead atoms. The van der Waals surface area contributed by atoms with E-state index in [0.29, 0.717) is 0 Å². The van der Waals surface area contributed by atoms with E-state index >= 15 is 0 Å². The second-order valence-electron chi connectivity index (χ2n) is 6.46. The summed E-state index contributed by atoms with van der Waals surface area (Å²) in [6.45, 7) is 1.59. The molecule has 0 spiro atoms. The largest absolute Gasteiger partial charge is 0.497 e. The van der Waals surface area contributed by atoms with E-state index in [1.54, 1.807) is 7.11 Å². The summed E-state index contributed by atoms with van der Waals surface area (Å²) in [7, 11) is 5.74. The van der Waals surface area contributed by atoms with E-state index in [1.807, 2.05) is 49.3 Å². The lowest BCUT2D eigenvalue weighted by molar-refractivity contribution is 0.0712. The van der Waals surface area contributed by atoms with Crippen LogP contribution < -0.4 is 4.74 Å². The Bertz CT molecular complexity index is 733. The van der Waals surface area contributed by atoms with Gasteiger partial charge in [0.15, 0.2) is 0 Å². The molecule has 1 aliphatic rings. The molecular formula is C20H25ClN2O2. The minimum Gasteiger partial charge on any atom is -0.497 e. The van der Waals surface area contributed by atoms with Crippen molar-refractivity contribution in [2.24, 2.45) is 0 Å². The molecule has 2 aromatic rings. The van der Waals surface area contributed by atoms with Crippen molar-refractivity contribution in [1.29, 1.82) is 0 Å². The minimum atomic E-state index is 0. The van der Waals surface area contributed by atoms with Gasteiger partial charge < -0.3 is 14.5 Å². The van der Waals surface area contributed by atoms with Gasteiger partial charge in [-0.1, -0.05) is 30.3 Å². The quantitative estimate of drug-likeness (QED) is 0.791. The molecule has 4 nitrogen and oxygen atoms in total. The number of nitrogens with zero attached hydrogens (tertiary/aromatic N) is 2. The highest BCUT2D eigenvalue weighted by Crippen LogP contribution is 2.36. The third-order valence-electron chi connectivity index (χ3n) is 4.54. The van der Waals surface area contributed by atoms with Crippen molar-refractivity contribution in [1.82, 2.24) is 9.80 Å². The minimum absolute atomic E-state index is 0. The van der Waals surface area contributed by atoms with Crippen LogP contribution in [0.4, 0.5) is 0 Å². The van der Waals surface area contributed by atoms with Crippen molar-refractivity contribution in [2.45, 2.75) is 12.5 Å². The van der Waals surface area contributed by atoms with Crippen LogP contribution in [-0.2, 0) is 6.42 Å². The van der Waals surface area contributed by atoms with Crippen LogP contribution in [0.1, 0.15) is 27.5 Å². The number of carbonyl (C=O) groups excluding carboxylic acids is 1. The van der Waals surface area contributed by atoms with Crippen LogP contribution in [0.25, 0.3) is 0 Å². The Balaban J connectivity index is 0.00000225. The Morgan fingerprint density at radius 3 is 2.60 bits per heavy atom. The van der Waals surface area contributed by atoms with E-state index in [9.17, 15) is 4.79 Å². The Kier molecular flexibility index (Phi) is 6.45. The van der Waals surface area contributed by atoms with Crippen LogP contribution in [0, 0.1) is 0 Å². The highest BCUT2D eigenvalue weighted by molar-refractivity contribution is 5.99. The lowest BCUT2D eigenvalue weighted by atomic mass is 9.98. The highest BCUT2D eigenvalue weighted by atomic mass is 35.5. The Morgan fingerprint density at radius 1 is 1.12 bits per heavy atom. The number of methoxy groups -OCH3 is 1. The zero-order chi connectivity index (χ0) is 17.1. The van der Waals surface area contributed by atoms with Crippen molar-refractivity contribution in [3.8, 4) is 5.75 Å². The third kappa shape index (κ3) is 4.14. The maximum absolute atomic E-state index is 12.8. The fourth-order valence-electron chi connectivity index (χ4n) is 3.25. The van der Waals surface area contributed by atoms with Gasteiger partial charge in [0.25, 0.3) is 5.91 Å². The van der Waals surface area contributed by atoms with Gasteiger partial charge in [-0.3, -0.25) is 4.79 Å². The SMILES string of the molecule is COc1cccc(CC2c3ccccc3C(=O)N2CCN(C)C)c1.Cl. The molecule has 25 heavy (non-hydrogen) atoms. The predicted octanol–water partition coefficient (Wildman–Crippen LogP) is 3.42. The zero-order valence-corrected chi connectivity index (χ0v) is 15.8. The van der Waals surface area contributed by atoms with Crippen molar-refractivity contribution in [3.05, 3.63) is 65.2 Å². The molecule has 1 amide bonds. The molecule has 3 rings (SSSR count). The van der Waals surface area contributed by atoms with Gasteiger partial charge in [-0.25, -0.2) is 0 Å². The van der Waals surface area contributed by atoms with Gasteiger partial charge in [-0.2, -0.15) is 0 Å². The van der Waals surface area contributed by atoms with Crippen LogP contribution in [0.2, 0.25) is 0 Å². The molecule has 0 aromatic heterocycles. The molecule has 134 valence electrons. The summed E-state index contributed by atoms with van der Waals surface area (Å²) in [5.74, 6) is 0.991. The zero-order valence-electron chi connectivity index (χ0n) is 14.9. The van der Waals surface area contributed by atoms with E-state index in [0.717, 1.165) is 36.4 Å². The molecule has 1 aliphatic heterocycles. The number of benzene rings is 2. The average Bonchev–Trinajstić information content (AvgIpc) is 2.85. The number of hydrogen-bond acceptors (Lipinski definition) is 3. The molecule has 2 aromatic carbocycles. The normalized spacial score (nSPS) is 15.9. The molecule has 0 N–H and O–H groups in total. The molecule has 1 atom stereocenters. The molecular weight excluding hydrogens is 336 g/mol. The molecule has 0 radical (unpaired) electrons. The number of hydrogen-bond donors (Lipinski definition) is 0. The number of halogens is 1. The van der Waals surface area contributed by atoms with Crippen molar-refractivity contribution < 1.29 is 9.53 Å². The summed E-state index contributed by atoms with van der Waals surface area (Å²) in [6, 6.07) is 16.1. The first-order valence-corrected chi connectivity index (χ1v) is 8.27. The lowest BCUT2D eigenvalue weighted by Crippen LogP contribution is -2.35. The van der Waals surface area contributed by atoms with Crippen molar-refractivity contribution >= 4 is 18.3 Å². The maximum Gasteiger partial charge on any atom is 0.254 e. The van der Waals surface area contributed by atoms with E-state index in [1.165, 1.54) is 5.56 Å². The summed E-state index contributed by atoms with van der Waals surface area (Å²) in [5, 5.41) is 0. The second-order valence-corrected chi connectivity index (χ2v) is 6.46. The molecule has 0 saturated heterocycles. The predicted molar refractivity (Wildman–Crippen MR) is 103 cm³/mol. The van der Waals surface area contributed by atoms with E-state index in [-0.39, 0.29) is 24.4 Å². The molecule has 1 unspecified atom stereocenters. The van der Waals surface area contributed by atoms with Crippen LogP contribution in [0.5, 0.6) is 5.75 Å². The summed E-state index contributed by atoms with van der Waals surface area (Å²) >= 11 is 0. The van der Waals surface area contributed by atoms with Crippen molar-refractivity contribution in [3.63, 3.8) is 0 Å². The summed E-state index contributed by atoms with van der Waals surface area (Å²) in [4.78, 5) is 16.9. The number of carbonyl (C=O) groups is 1. The maximum atomic E-state index is 12.8. The molecule has 0 saturated carbocycles. The number of fused-ring (bicyclic) bond motifs is 1. The average molecular weight is 361 g/mol. The van der Waals surface area contributed by atoms with Crippen LogP contribution in [0.3, 0.4) is 0 Å². The smallest absolute Gasteiger partial charge is 0.254 e. The fraction of sp³-hybridized carbons (Fsp3) is 0.350. The topological polar surface area (TPSA) is 32.8 Å². The Morgan fingerprint density at radius 2 is 1.88 bits per heavy atom. The first-order valence-electron chi connectivity index (χ1n) is 8.27. The van der Waals surface area contributed by atoms with E-state index in [2.05, 4.69) is 23.1 Å². The molecule has 0 aliphatic carbocycles. The Hall–Kier alpha value is -2.04.